The quantitative estimate of drug-likeness (QED) is 0.887. The van der Waals surface area contributed by atoms with Crippen molar-refractivity contribution in [1.82, 2.24) is 5.32 Å². The molecule has 120 valence electrons. The number of carbonyl (C=O) groups excluding carboxylic acids is 1. The normalized spacial score (nSPS) is 24.1. The van der Waals surface area contributed by atoms with E-state index in [0.29, 0.717) is 12.3 Å². The first kappa shape index (κ1) is 15.8. The van der Waals surface area contributed by atoms with Crippen molar-refractivity contribution in [1.29, 1.82) is 0 Å². The summed E-state index contributed by atoms with van der Waals surface area (Å²) < 4.78 is 0. The van der Waals surface area contributed by atoms with Gasteiger partial charge >= 0.3 is 0 Å². The third-order valence-electron chi connectivity index (χ3n) is 5.01. The van der Waals surface area contributed by atoms with Gasteiger partial charge in [-0.05, 0) is 49.7 Å². The molecule has 2 aromatic rings. The van der Waals surface area contributed by atoms with Crippen LogP contribution < -0.4 is 5.32 Å². The van der Waals surface area contributed by atoms with Crippen molar-refractivity contribution in [2.45, 2.75) is 50.5 Å². The minimum absolute atomic E-state index is 0.0584. The van der Waals surface area contributed by atoms with Gasteiger partial charge in [0.05, 0.1) is 6.42 Å². The van der Waals surface area contributed by atoms with Gasteiger partial charge in [0.2, 0.25) is 5.91 Å². The Balaban J connectivity index is 1.54. The Morgan fingerprint density at radius 3 is 2.17 bits per heavy atom. The van der Waals surface area contributed by atoms with Gasteiger partial charge in [-0.1, -0.05) is 60.7 Å². The molecule has 2 heteroatoms. The number of amides is 1. The van der Waals surface area contributed by atoms with Crippen LogP contribution in [-0.2, 0) is 11.2 Å². The van der Waals surface area contributed by atoms with Crippen molar-refractivity contribution in [3.05, 3.63) is 71.8 Å². The van der Waals surface area contributed by atoms with E-state index < -0.39 is 0 Å². The van der Waals surface area contributed by atoms with Crippen molar-refractivity contribution >= 4 is 5.91 Å². The van der Waals surface area contributed by atoms with Crippen LogP contribution in [-0.4, -0.2) is 11.4 Å². The van der Waals surface area contributed by atoms with Crippen LogP contribution in [0.1, 0.15) is 49.7 Å². The van der Waals surface area contributed by atoms with Crippen molar-refractivity contribution < 1.29 is 4.79 Å². The first-order valence-corrected chi connectivity index (χ1v) is 8.54. The molecule has 23 heavy (non-hydrogen) atoms. The summed E-state index contributed by atoms with van der Waals surface area (Å²) in [6, 6.07) is 20.7. The molecule has 0 bridgehead atoms. The molecular weight excluding hydrogens is 282 g/mol. The summed E-state index contributed by atoms with van der Waals surface area (Å²) in [5.74, 6) is 0.771. The molecule has 0 atom stereocenters. The molecule has 0 saturated heterocycles. The smallest absolute Gasteiger partial charge is 0.224 e. The summed E-state index contributed by atoms with van der Waals surface area (Å²) in [6.45, 7) is 2.19. The van der Waals surface area contributed by atoms with Crippen molar-refractivity contribution in [3.63, 3.8) is 0 Å². The van der Waals surface area contributed by atoms with Gasteiger partial charge in [-0.15, -0.1) is 0 Å². The number of hydrogen-bond acceptors (Lipinski definition) is 1. The average Bonchev–Trinajstić information content (AvgIpc) is 2.57. The number of hydrogen-bond donors (Lipinski definition) is 1. The lowest BCUT2D eigenvalue weighted by atomic mass is 9.75. The highest BCUT2D eigenvalue weighted by Crippen LogP contribution is 2.37. The number of nitrogens with one attached hydrogen (secondary N) is 1. The molecule has 0 heterocycles. The second-order valence-electron chi connectivity index (χ2n) is 6.96. The lowest BCUT2D eigenvalue weighted by Gasteiger charge is -2.38. The lowest BCUT2D eigenvalue weighted by Crippen LogP contribution is -2.48. The van der Waals surface area contributed by atoms with Crippen molar-refractivity contribution in [3.8, 4) is 0 Å². The molecule has 0 aromatic heterocycles. The van der Waals surface area contributed by atoms with Crippen LogP contribution in [0.5, 0.6) is 0 Å². The van der Waals surface area contributed by atoms with Crippen LogP contribution >= 0.6 is 0 Å². The van der Waals surface area contributed by atoms with E-state index in [-0.39, 0.29) is 11.4 Å². The highest BCUT2D eigenvalue weighted by molar-refractivity contribution is 5.79. The molecule has 0 spiro atoms. The number of rotatable bonds is 4. The summed E-state index contributed by atoms with van der Waals surface area (Å²) in [5, 5.41) is 3.28. The van der Waals surface area contributed by atoms with Gasteiger partial charge in [0.25, 0.3) is 0 Å². The van der Waals surface area contributed by atoms with Crippen LogP contribution in [0.2, 0.25) is 0 Å². The van der Waals surface area contributed by atoms with Gasteiger partial charge in [-0.25, -0.2) is 0 Å². The molecule has 1 fully saturated rings. The second kappa shape index (κ2) is 6.99. The topological polar surface area (TPSA) is 29.1 Å². The van der Waals surface area contributed by atoms with Gasteiger partial charge in [0.15, 0.2) is 0 Å². The Kier molecular flexibility index (Phi) is 4.80. The minimum atomic E-state index is -0.0584. The molecule has 1 aliphatic carbocycles. The molecule has 1 N–H and O–H groups in total. The Hall–Kier alpha value is -2.09. The maximum absolute atomic E-state index is 12.3. The Morgan fingerprint density at radius 1 is 1.00 bits per heavy atom. The molecule has 1 amide bonds. The maximum atomic E-state index is 12.3. The molecule has 0 unspecified atom stereocenters. The molecule has 2 aromatic carbocycles. The van der Waals surface area contributed by atoms with Gasteiger partial charge in [-0.2, -0.15) is 0 Å². The third kappa shape index (κ3) is 4.22. The first-order valence-electron chi connectivity index (χ1n) is 8.54. The second-order valence-corrected chi connectivity index (χ2v) is 6.96. The lowest BCUT2D eigenvalue weighted by molar-refractivity contribution is -0.122. The van der Waals surface area contributed by atoms with E-state index in [4.69, 9.17) is 0 Å². The highest BCUT2D eigenvalue weighted by atomic mass is 16.1. The number of benzene rings is 2. The van der Waals surface area contributed by atoms with Gasteiger partial charge in [-0.3, -0.25) is 4.79 Å². The van der Waals surface area contributed by atoms with E-state index in [1.807, 2.05) is 30.3 Å². The molecular formula is C21H25NO. The van der Waals surface area contributed by atoms with Crippen LogP contribution in [0.4, 0.5) is 0 Å². The molecule has 0 radical (unpaired) electrons. The molecule has 1 saturated carbocycles. The Morgan fingerprint density at radius 2 is 1.57 bits per heavy atom. The molecule has 3 rings (SSSR count). The summed E-state index contributed by atoms with van der Waals surface area (Å²) in [4.78, 5) is 12.3. The van der Waals surface area contributed by atoms with E-state index >= 15 is 0 Å². The molecule has 0 aliphatic heterocycles. The van der Waals surface area contributed by atoms with Crippen LogP contribution in [0.25, 0.3) is 0 Å². The van der Waals surface area contributed by atoms with E-state index in [1.54, 1.807) is 0 Å². The van der Waals surface area contributed by atoms with Crippen LogP contribution in [0.15, 0.2) is 60.7 Å². The SMILES string of the molecule is CC1(NC(=O)Cc2ccccc2)CCC(c2ccccc2)CC1. The molecule has 1 aliphatic rings. The molecule has 2 nitrogen and oxygen atoms in total. The summed E-state index contributed by atoms with van der Waals surface area (Å²) >= 11 is 0. The Labute approximate surface area is 138 Å². The van der Waals surface area contributed by atoms with Crippen molar-refractivity contribution in [2.24, 2.45) is 0 Å². The van der Waals surface area contributed by atoms with Gasteiger partial charge in [0, 0.05) is 5.54 Å². The minimum Gasteiger partial charge on any atom is -0.351 e. The van der Waals surface area contributed by atoms with Crippen LogP contribution in [0.3, 0.4) is 0 Å². The standard InChI is InChI=1S/C21H25NO/c1-21(22-20(23)16-17-8-4-2-5-9-17)14-12-19(13-15-21)18-10-6-3-7-11-18/h2-11,19H,12-16H2,1H3,(H,22,23). The van der Waals surface area contributed by atoms with Gasteiger partial charge in [0.1, 0.15) is 0 Å². The first-order chi connectivity index (χ1) is 11.1. The predicted molar refractivity (Wildman–Crippen MR) is 94.3 cm³/mol. The third-order valence-corrected chi connectivity index (χ3v) is 5.01. The fourth-order valence-corrected chi connectivity index (χ4v) is 3.60. The summed E-state index contributed by atoms with van der Waals surface area (Å²) in [7, 11) is 0. The average molecular weight is 307 g/mol. The zero-order chi connectivity index (χ0) is 16.1. The van der Waals surface area contributed by atoms with E-state index in [9.17, 15) is 4.79 Å². The number of carbonyl (C=O) groups is 1. The fraction of sp³-hybridized carbons (Fsp3) is 0.381. The summed E-state index contributed by atoms with van der Waals surface area (Å²) in [5.41, 5.74) is 2.45. The van der Waals surface area contributed by atoms with E-state index in [0.717, 1.165) is 31.2 Å². The Bertz CT molecular complexity index is 627. The summed E-state index contributed by atoms with van der Waals surface area (Å²) in [6.07, 6.45) is 4.86. The zero-order valence-corrected chi connectivity index (χ0v) is 13.8. The van der Waals surface area contributed by atoms with E-state index in [2.05, 4.69) is 42.6 Å². The highest BCUT2D eigenvalue weighted by Gasteiger charge is 2.32. The maximum Gasteiger partial charge on any atom is 0.224 e. The van der Waals surface area contributed by atoms with Crippen LogP contribution in [0, 0.1) is 0 Å². The monoisotopic (exact) mass is 307 g/mol. The fourth-order valence-electron chi connectivity index (χ4n) is 3.60. The zero-order valence-electron chi connectivity index (χ0n) is 13.8. The largest absolute Gasteiger partial charge is 0.351 e. The van der Waals surface area contributed by atoms with Gasteiger partial charge < -0.3 is 5.32 Å². The predicted octanol–water partition coefficient (Wildman–Crippen LogP) is 4.46. The van der Waals surface area contributed by atoms with E-state index in [1.165, 1.54) is 5.56 Å². The van der Waals surface area contributed by atoms with Crippen molar-refractivity contribution in [2.75, 3.05) is 0 Å².